The van der Waals surface area contributed by atoms with E-state index in [0.717, 1.165) is 31.4 Å². The number of anilines is 1. The maximum atomic E-state index is 11.8. The third-order valence-corrected chi connectivity index (χ3v) is 3.23. The van der Waals surface area contributed by atoms with Crippen molar-refractivity contribution in [3.63, 3.8) is 0 Å². The van der Waals surface area contributed by atoms with Crippen LogP contribution in [-0.4, -0.2) is 16.4 Å². The minimum Gasteiger partial charge on any atom is -0.432 e. The average molecular weight is 237 g/mol. The van der Waals surface area contributed by atoms with Crippen LogP contribution in [0.25, 0.3) is 0 Å². The third kappa shape index (κ3) is 3.30. The Kier molecular flexibility index (Phi) is 3.47. The van der Waals surface area contributed by atoms with E-state index in [0.29, 0.717) is 6.42 Å². The zero-order valence-electron chi connectivity index (χ0n) is 10.2. The summed E-state index contributed by atoms with van der Waals surface area (Å²) >= 11 is 0. The molecule has 1 fully saturated rings. The van der Waals surface area contributed by atoms with Crippen LogP contribution in [0.1, 0.15) is 44.2 Å². The second kappa shape index (κ2) is 4.87. The van der Waals surface area contributed by atoms with E-state index in [1.807, 2.05) is 6.92 Å². The molecule has 0 bridgehead atoms. The van der Waals surface area contributed by atoms with Gasteiger partial charge in [-0.15, -0.1) is 0 Å². The summed E-state index contributed by atoms with van der Waals surface area (Å²) in [5.74, 6) is -0.115. The Bertz CT molecular complexity index is 394. The maximum absolute atomic E-state index is 11.8. The molecule has 2 rings (SSSR count). The average Bonchev–Trinajstić information content (AvgIpc) is 2.63. The Hall–Kier alpha value is -1.36. The van der Waals surface area contributed by atoms with Crippen molar-refractivity contribution in [2.45, 2.75) is 51.0 Å². The van der Waals surface area contributed by atoms with Crippen molar-refractivity contribution in [3.8, 4) is 0 Å². The molecule has 0 atom stereocenters. The molecular weight excluding hydrogens is 218 g/mol. The van der Waals surface area contributed by atoms with E-state index in [1.54, 1.807) is 0 Å². The van der Waals surface area contributed by atoms with Gasteiger partial charge in [0.15, 0.2) is 0 Å². The van der Waals surface area contributed by atoms with Gasteiger partial charge in [0.05, 0.1) is 5.69 Å². The van der Waals surface area contributed by atoms with Crippen molar-refractivity contribution in [2.24, 2.45) is 5.73 Å². The summed E-state index contributed by atoms with van der Waals surface area (Å²) < 4.78 is 5.07. The molecule has 1 amide bonds. The predicted molar refractivity (Wildman–Crippen MR) is 64.5 cm³/mol. The maximum Gasteiger partial charge on any atom is 0.301 e. The lowest BCUT2D eigenvalue weighted by Gasteiger charge is -2.32. The minimum atomic E-state index is -0.343. The molecule has 3 N–H and O–H groups in total. The van der Waals surface area contributed by atoms with Crippen molar-refractivity contribution in [2.75, 3.05) is 5.32 Å². The molecule has 0 spiro atoms. The van der Waals surface area contributed by atoms with Crippen molar-refractivity contribution < 1.29 is 9.21 Å². The quantitative estimate of drug-likeness (QED) is 0.842. The van der Waals surface area contributed by atoms with E-state index in [2.05, 4.69) is 10.3 Å². The summed E-state index contributed by atoms with van der Waals surface area (Å²) in [6.45, 7) is 1.81. The SMILES string of the molecule is Cc1coc(NC(=O)CC2(N)CCCCC2)n1. The molecular formula is C12H19N3O2. The van der Waals surface area contributed by atoms with E-state index >= 15 is 0 Å². The molecule has 94 valence electrons. The molecule has 1 heterocycles. The first-order chi connectivity index (χ1) is 8.07. The molecule has 5 nitrogen and oxygen atoms in total. The van der Waals surface area contributed by atoms with Gasteiger partial charge in [0.2, 0.25) is 5.91 Å². The Morgan fingerprint density at radius 2 is 2.24 bits per heavy atom. The molecule has 0 aromatic carbocycles. The van der Waals surface area contributed by atoms with Gasteiger partial charge in [-0.2, -0.15) is 4.98 Å². The van der Waals surface area contributed by atoms with Gasteiger partial charge in [0.25, 0.3) is 0 Å². The number of hydrogen-bond donors (Lipinski definition) is 2. The van der Waals surface area contributed by atoms with Gasteiger partial charge in [0.1, 0.15) is 6.26 Å². The molecule has 5 heteroatoms. The van der Waals surface area contributed by atoms with Crippen molar-refractivity contribution in [3.05, 3.63) is 12.0 Å². The lowest BCUT2D eigenvalue weighted by Crippen LogP contribution is -2.44. The summed E-state index contributed by atoms with van der Waals surface area (Å²) in [6, 6.07) is 0.256. The number of aryl methyl sites for hydroxylation is 1. The monoisotopic (exact) mass is 237 g/mol. The largest absolute Gasteiger partial charge is 0.432 e. The van der Waals surface area contributed by atoms with Crippen LogP contribution >= 0.6 is 0 Å². The molecule has 1 aromatic heterocycles. The van der Waals surface area contributed by atoms with Crippen LogP contribution in [0.2, 0.25) is 0 Å². The van der Waals surface area contributed by atoms with Gasteiger partial charge >= 0.3 is 6.01 Å². The number of carbonyl (C=O) groups is 1. The number of aromatic nitrogens is 1. The van der Waals surface area contributed by atoms with E-state index in [-0.39, 0.29) is 17.5 Å². The third-order valence-electron chi connectivity index (χ3n) is 3.23. The fraction of sp³-hybridized carbons (Fsp3) is 0.667. The first-order valence-corrected chi connectivity index (χ1v) is 6.08. The van der Waals surface area contributed by atoms with Crippen LogP contribution in [0.4, 0.5) is 6.01 Å². The van der Waals surface area contributed by atoms with Crippen LogP contribution < -0.4 is 11.1 Å². The smallest absolute Gasteiger partial charge is 0.301 e. The fourth-order valence-electron chi connectivity index (χ4n) is 2.33. The summed E-state index contributed by atoms with van der Waals surface area (Å²) in [7, 11) is 0. The van der Waals surface area contributed by atoms with E-state index in [1.165, 1.54) is 12.7 Å². The summed E-state index contributed by atoms with van der Waals surface area (Å²) in [5.41, 5.74) is 6.61. The first kappa shape index (κ1) is 12.1. The zero-order valence-corrected chi connectivity index (χ0v) is 10.2. The molecule has 17 heavy (non-hydrogen) atoms. The van der Waals surface area contributed by atoms with E-state index < -0.39 is 0 Å². The number of nitrogens with zero attached hydrogens (tertiary/aromatic N) is 1. The molecule has 0 saturated heterocycles. The Labute approximate surface area is 101 Å². The Morgan fingerprint density at radius 3 is 2.82 bits per heavy atom. The lowest BCUT2D eigenvalue weighted by atomic mass is 9.80. The fourth-order valence-corrected chi connectivity index (χ4v) is 2.33. The second-order valence-electron chi connectivity index (χ2n) is 4.94. The molecule has 1 aromatic rings. The number of oxazole rings is 1. The summed E-state index contributed by atoms with van der Waals surface area (Å²) in [5, 5.41) is 2.64. The number of amides is 1. The van der Waals surface area contributed by atoms with Crippen LogP contribution in [0, 0.1) is 6.92 Å². The van der Waals surface area contributed by atoms with Gasteiger partial charge in [-0.05, 0) is 19.8 Å². The highest BCUT2D eigenvalue weighted by Gasteiger charge is 2.30. The number of nitrogens with one attached hydrogen (secondary N) is 1. The van der Waals surface area contributed by atoms with Gasteiger partial charge < -0.3 is 10.2 Å². The summed E-state index contributed by atoms with van der Waals surface area (Å²) in [6.07, 6.45) is 7.14. The molecule has 0 aliphatic heterocycles. The minimum absolute atomic E-state index is 0.115. The van der Waals surface area contributed by atoms with Crippen molar-refractivity contribution >= 4 is 11.9 Å². The van der Waals surface area contributed by atoms with Crippen LogP contribution in [0.3, 0.4) is 0 Å². The molecule has 0 unspecified atom stereocenters. The molecule has 1 saturated carbocycles. The number of carbonyl (C=O) groups excluding carboxylic acids is 1. The topological polar surface area (TPSA) is 81.2 Å². The highest BCUT2D eigenvalue weighted by Crippen LogP contribution is 2.28. The van der Waals surface area contributed by atoms with Crippen LogP contribution in [-0.2, 0) is 4.79 Å². The van der Waals surface area contributed by atoms with Gasteiger partial charge in [-0.1, -0.05) is 19.3 Å². The summed E-state index contributed by atoms with van der Waals surface area (Å²) in [4.78, 5) is 15.8. The van der Waals surface area contributed by atoms with Crippen LogP contribution in [0.15, 0.2) is 10.7 Å². The molecule has 0 radical (unpaired) electrons. The Morgan fingerprint density at radius 1 is 1.53 bits per heavy atom. The highest BCUT2D eigenvalue weighted by molar-refractivity contribution is 5.89. The Balaban J connectivity index is 1.88. The standard InChI is InChI=1S/C12H19N3O2/c1-9-8-17-11(14-9)15-10(16)7-12(13)5-3-2-4-6-12/h8H,2-7,13H2,1H3,(H,14,15,16). The number of hydrogen-bond acceptors (Lipinski definition) is 4. The zero-order chi connectivity index (χ0) is 12.3. The second-order valence-corrected chi connectivity index (χ2v) is 4.94. The first-order valence-electron chi connectivity index (χ1n) is 6.08. The predicted octanol–water partition coefficient (Wildman–Crippen LogP) is 1.97. The van der Waals surface area contributed by atoms with Crippen molar-refractivity contribution in [1.29, 1.82) is 0 Å². The number of nitrogens with two attached hydrogens (primary N) is 1. The molecule has 1 aliphatic rings. The van der Waals surface area contributed by atoms with Gasteiger partial charge in [-0.3, -0.25) is 10.1 Å². The van der Waals surface area contributed by atoms with Gasteiger partial charge in [-0.25, -0.2) is 0 Å². The lowest BCUT2D eigenvalue weighted by molar-refractivity contribution is -0.117. The van der Waals surface area contributed by atoms with Crippen LogP contribution in [0.5, 0.6) is 0 Å². The number of rotatable bonds is 3. The normalized spacial score (nSPS) is 18.9. The highest BCUT2D eigenvalue weighted by atomic mass is 16.4. The van der Waals surface area contributed by atoms with E-state index in [4.69, 9.17) is 10.2 Å². The molecule has 1 aliphatic carbocycles. The van der Waals surface area contributed by atoms with Crippen molar-refractivity contribution in [1.82, 2.24) is 4.98 Å². The van der Waals surface area contributed by atoms with E-state index in [9.17, 15) is 4.79 Å². The van der Waals surface area contributed by atoms with Gasteiger partial charge in [0, 0.05) is 12.0 Å².